The molecule has 0 saturated carbocycles. The van der Waals surface area contributed by atoms with Gasteiger partial charge in [-0.05, 0) is 29.8 Å². The summed E-state index contributed by atoms with van der Waals surface area (Å²) in [4.78, 5) is 9.01. The van der Waals surface area contributed by atoms with E-state index in [2.05, 4.69) is 36.3 Å². The lowest BCUT2D eigenvalue weighted by atomic mass is 10.2. The van der Waals surface area contributed by atoms with Crippen molar-refractivity contribution in [2.45, 2.75) is 13.8 Å². The predicted octanol–water partition coefficient (Wildman–Crippen LogP) is 2.31. The van der Waals surface area contributed by atoms with Gasteiger partial charge < -0.3 is 10.1 Å². The fourth-order valence-electron chi connectivity index (χ4n) is 1.97. The highest BCUT2D eigenvalue weighted by atomic mass is 79.9. The molecule has 0 bridgehead atoms. The molecule has 0 aromatic carbocycles. The quantitative estimate of drug-likeness (QED) is 0.938. The summed E-state index contributed by atoms with van der Waals surface area (Å²) in [5.74, 6) is 2.00. The lowest BCUT2D eigenvalue weighted by molar-refractivity contribution is 0.374. The van der Waals surface area contributed by atoms with E-state index in [9.17, 15) is 0 Å². The number of ether oxygens (including phenoxy) is 1. The first-order valence-corrected chi connectivity index (χ1v) is 6.58. The van der Waals surface area contributed by atoms with Crippen LogP contribution in [0.2, 0.25) is 0 Å². The molecule has 19 heavy (non-hydrogen) atoms. The molecule has 0 aliphatic carbocycles. The molecule has 0 atom stereocenters. The molecule has 2 aromatic heterocycles. The standard InChI is InChI=1S/C12H16BrN5O/c1-6-8(12(19-5)18(4)17-6)10-15-7(2)9(13)11(14-3)16-10/h1-5H3,(H,14,15,16). The molecular formula is C12H16BrN5O. The fourth-order valence-corrected chi connectivity index (χ4v) is 2.34. The highest BCUT2D eigenvalue weighted by Gasteiger charge is 2.20. The van der Waals surface area contributed by atoms with E-state index in [1.807, 2.05) is 27.9 Å². The van der Waals surface area contributed by atoms with Crippen LogP contribution in [-0.2, 0) is 7.05 Å². The Morgan fingerprint density at radius 1 is 1.21 bits per heavy atom. The van der Waals surface area contributed by atoms with Gasteiger partial charge in [0.1, 0.15) is 11.4 Å². The van der Waals surface area contributed by atoms with Crippen LogP contribution in [0, 0.1) is 13.8 Å². The lowest BCUT2D eigenvalue weighted by Gasteiger charge is -2.09. The number of nitrogens with zero attached hydrogens (tertiary/aromatic N) is 4. The minimum Gasteiger partial charge on any atom is -0.481 e. The summed E-state index contributed by atoms with van der Waals surface area (Å²) in [6, 6.07) is 0. The Hall–Kier alpha value is -1.63. The number of aryl methyl sites for hydroxylation is 3. The summed E-state index contributed by atoms with van der Waals surface area (Å²) in [6.07, 6.45) is 0. The maximum absolute atomic E-state index is 5.38. The largest absolute Gasteiger partial charge is 0.481 e. The number of methoxy groups -OCH3 is 1. The molecule has 0 radical (unpaired) electrons. The Labute approximate surface area is 120 Å². The van der Waals surface area contributed by atoms with Gasteiger partial charge in [-0.1, -0.05) is 0 Å². The normalized spacial score (nSPS) is 10.6. The maximum atomic E-state index is 5.38. The van der Waals surface area contributed by atoms with E-state index in [-0.39, 0.29) is 0 Å². The van der Waals surface area contributed by atoms with Crippen LogP contribution in [0.4, 0.5) is 5.82 Å². The minimum absolute atomic E-state index is 0.604. The Bertz CT molecular complexity index is 623. The Balaban J connectivity index is 2.69. The number of hydrogen-bond acceptors (Lipinski definition) is 5. The molecule has 1 N–H and O–H groups in total. The zero-order valence-electron chi connectivity index (χ0n) is 11.6. The second kappa shape index (κ2) is 5.16. The van der Waals surface area contributed by atoms with Gasteiger partial charge in [-0.25, -0.2) is 14.6 Å². The van der Waals surface area contributed by atoms with E-state index >= 15 is 0 Å². The molecule has 0 saturated heterocycles. The SMILES string of the molecule is CNc1nc(-c2c(C)nn(C)c2OC)nc(C)c1Br. The number of aromatic nitrogens is 4. The van der Waals surface area contributed by atoms with E-state index in [0.29, 0.717) is 11.7 Å². The number of rotatable bonds is 3. The summed E-state index contributed by atoms with van der Waals surface area (Å²) < 4.78 is 7.93. The van der Waals surface area contributed by atoms with Crippen LogP contribution in [0.5, 0.6) is 5.88 Å². The predicted molar refractivity (Wildman–Crippen MR) is 77.5 cm³/mol. The van der Waals surface area contributed by atoms with Crippen molar-refractivity contribution >= 4 is 21.7 Å². The van der Waals surface area contributed by atoms with Crippen LogP contribution < -0.4 is 10.1 Å². The van der Waals surface area contributed by atoms with Crippen molar-refractivity contribution in [2.75, 3.05) is 19.5 Å². The van der Waals surface area contributed by atoms with Gasteiger partial charge in [0.05, 0.1) is 23.0 Å². The molecule has 2 rings (SSSR count). The number of nitrogens with one attached hydrogen (secondary N) is 1. The van der Waals surface area contributed by atoms with Gasteiger partial charge >= 0.3 is 0 Å². The molecule has 6 nitrogen and oxygen atoms in total. The first-order chi connectivity index (χ1) is 8.99. The van der Waals surface area contributed by atoms with Crippen LogP contribution in [0.3, 0.4) is 0 Å². The summed E-state index contributed by atoms with van der Waals surface area (Å²) in [5, 5.41) is 7.39. The number of halogens is 1. The number of hydrogen-bond donors (Lipinski definition) is 1. The van der Waals surface area contributed by atoms with E-state index in [0.717, 1.165) is 27.2 Å². The molecule has 0 fully saturated rings. The lowest BCUT2D eigenvalue weighted by Crippen LogP contribution is -2.02. The van der Waals surface area contributed by atoms with E-state index < -0.39 is 0 Å². The smallest absolute Gasteiger partial charge is 0.222 e. The molecule has 0 amide bonds. The van der Waals surface area contributed by atoms with Crippen LogP contribution in [0.1, 0.15) is 11.4 Å². The van der Waals surface area contributed by atoms with E-state index in [1.165, 1.54) is 0 Å². The third-order valence-corrected chi connectivity index (χ3v) is 3.79. The summed E-state index contributed by atoms with van der Waals surface area (Å²) in [5.41, 5.74) is 2.51. The average molecular weight is 326 g/mol. The van der Waals surface area contributed by atoms with Gasteiger partial charge in [0, 0.05) is 14.1 Å². The highest BCUT2D eigenvalue weighted by molar-refractivity contribution is 9.10. The Kier molecular flexibility index (Phi) is 3.75. The van der Waals surface area contributed by atoms with Crippen molar-refractivity contribution < 1.29 is 4.74 Å². The number of anilines is 1. The molecule has 0 spiro atoms. The van der Waals surface area contributed by atoms with E-state index in [1.54, 1.807) is 11.8 Å². The van der Waals surface area contributed by atoms with Gasteiger partial charge in [-0.2, -0.15) is 5.10 Å². The molecule has 2 heterocycles. The van der Waals surface area contributed by atoms with Gasteiger partial charge in [-0.3, -0.25) is 0 Å². The second-order valence-electron chi connectivity index (χ2n) is 4.14. The van der Waals surface area contributed by atoms with Gasteiger partial charge in [0.2, 0.25) is 5.88 Å². The fraction of sp³-hybridized carbons (Fsp3) is 0.417. The van der Waals surface area contributed by atoms with Crippen LogP contribution >= 0.6 is 15.9 Å². The Morgan fingerprint density at radius 3 is 2.47 bits per heavy atom. The van der Waals surface area contributed by atoms with Crippen molar-refractivity contribution in [3.05, 3.63) is 15.9 Å². The highest BCUT2D eigenvalue weighted by Crippen LogP contribution is 2.33. The molecule has 7 heteroatoms. The molecule has 102 valence electrons. The van der Waals surface area contributed by atoms with Crippen LogP contribution in [-0.4, -0.2) is 33.9 Å². The summed E-state index contributed by atoms with van der Waals surface area (Å²) in [7, 11) is 5.27. The minimum atomic E-state index is 0.604. The third kappa shape index (κ3) is 2.30. The van der Waals surface area contributed by atoms with Crippen molar-refractivity contribution in [1.82, 2.24) is 19.7 Å². The third-order valence-electron chi connectivity index (χ3n) is 2.84. The van der Waals surface area contributed by atoms with Gasteiger partial charge in [-0.15, -0.1) is 0 Å². The van der Waals surface area contributed by atoms with Crippen LogP contribution in [0.15, 0.2) is 4.47 Å². The molecule has 0 aliphatic rings. The summed E-state index contributed by atoms with van der Waals surface area (Å²) in [6.45, 7) is 3.84. The topological polar surface area (TPSA) is 64.9 Å². The zero-order valence-corrected chi connectivity index (χ0v) is 13.2. The van der Waals surface area contributed by atoms with Crippen molar-refractivity contribution in [1.29, 1.82) is 0 Å². The first-order valence-electron chi connectivity index (χ1n) is 5.79. The van der Waals surface area contributed by atoms with Crippen LogP contribution in [0.25, 0.3) is 11.4 Å². The monoisotopic (exact) mass is 325 g/mol. The molecule has 0 aliphatic heterocycles. The second-order valence-corrected chi connectivity index (χ2v) is 4.93. The molecule has 0 unspecified atom stereocenters. The maximum Gasteiger partial charge on any atom is 0.222 e. The van der Waals surface area contributed by atoms with Crippen molar-refractivity contribution in [2.24, 2.45) is 7.05 Å². The van der Waals surface area contributed by atoms with Crippen molar-refractivity contribution in [3.63, 3.8) is 0 Å². The van der Waals surface area contributed by atoms with Gasteiger partial charge in [0.25, 0.3) is 0 Å². The molecule has 2 aromatic rings. The van der Waals surface area contributed by atoms with Gasteiger partial charge in [0.15, 0.2) is 5.82 Å². The first kappa shape index (κ1) is 13.8. The average Bonchev–Trinajstić information content (AvgIpc) is 2.66. The van der Waals surface area contributed by atoms with Crippen molar-refractivity contribution in [3.8, 4) is 17.3 Å². The summed E-state index contributed by atoms with van der Waals surface area (Å²) >= 11 is 3.47. The van der Waals surface area contributed by atoms with E-state index in [4.69, 9.17) is 4.74 Å². The Morgan fingerprint density at radius 2 is 1.89 bits per heavy atom. The zero-order chi connectivity index (χ0) is 14.2. The molecular weight excluding hydrogens is 310 g/mol.